The first-order valence-corrected chi connectivity index (χ1v) is 8.19. The molecule has 8 heteroatoms. The summed E-state index contributed by atoms with van der Waals surface area (Å²) in [4.78, 5) is 30.8. The van der Waals surface area contributed by atoms with Crippen LogP contribution < -0.4 is 10.3 Å². The molecule has 0 saturated carbocycles. The molecular weight excluding hydrogens is 361 g/mol. The van der Waals surface area contributed by atoms with Crippen LogP contribution in [-0.4, -0.2) is 15.9 Å². The lowest BCUT2D eigenvalue weighted by atomic mass is 10.2. The molecule has 0 fully saturated rings. The van der Waals surface area contributed by atoms with Crippen LogP contribution in [0.25, 0.3) is 10.9 Å². The number of hydrogen-bond donors (Lipinski definition) is 1. The first-order chi connectivity index (χ1) is 12.8. The van der Waals surface area contributed by atoms with Crippen LogP contribution in [0.5, 0.6) is 5.75 Å². The van der Waals surface area contributed by atoms with Gasteiger partial charge in [0.1, 0.15) is 11.6 Å². The number of rotatable bonds is 5. The third-order valence-corrected chi connectivity index (χ3v) is 3.87. The van der Waals surface area contributed by atoms with Crippen LogP contribution in [0.15, 0.2) is 53.3 Å². The van der Waals surface area contributed by atoms with E-state index in [1.807, 2.05) is 0 Å². The van der Waals surface area contributed by atoms with Crippen molar-refractivity contribution < 1.29 is 22.7 Å². The van der Waals surface area contributed by atoms with Gasteiger partial charge in [-0.2, -0.15) is 13.2 Å². The van der Waals surface area contributed by atoms with E-state index in [9.17, 15) is 22.8 Å². The molecule has 0 aliphatic heterocycles. The van der Waals surface area contributed by atoms with Gasteiger partial charge in [0, 0.05) is 12.8 Å². The minimum absolute atomic E-state index is 0.108. The molecule has 3 aromatic rings. The van der Waals surface area contributed by atoms with E-state index in [2.05, 4.69) is 9.97 Å². The van der Waals surface area contributed by atoms with E-state index in [1.165, 1.54) is 12.1 Å². The Balaban J connectivity index is 1.62. The number of H-pyrrole nitrogens is 1. The van der Waals surface area contributed by atoms with Crippen molar-refractivity contribution in [3.8, 4) is 5.75 Å². The number of benzene rings is 2. The van der Waals surface area contributed by atoms with Crippen LogP contribution in [0.1, 0.15) is 24.2 Å². The van der Waals surface area contributed by atoms with Crippen molar-refractivity contribution in [2.24, 2.45) is 0 Å². The summed E-state index contributed by atoms with van der Waals surface area (Å²) >= 11 is 0. The Morgan fingerprint density at radius 3 is 2.56 bits per heavy atom. The fourth-order valence-electron chi connectivity index (χ4n) is 2.62. The zero-order valence-corrected chi connectivity index (χ0v) is 14.0. The lowest BCUT2D eigenvalue weighted by Gasteiger charge is -2.12. The summed E-state index contributed by atoms with van der Waals surface area (Å²) in [6, 6.07) is 11.4. The van der Waals surface area contributed by atoms with Crippen LogP contribution in [0.3, 0.4) is 0 Å². The van der Waals surface area contributed by atoms with Crippen LogP contribution >= 0.6 is 0 Å². The van der Waals surface area contributed by atoms with Gasteiger partial charge < -0.3 is 9.72 Å². The highest BCUT2D eigenvalue weighted by Gasteiger charge is 2.34. The third-order valence-electron chi connectivity index (χ3n) is 3.87. The summed E-state index contributed by atoms with van der Waals surface area (Å²) < 4.78 is 43.6. The van der Waals surface area contributed by atoms with Gasteiger partial charge in [0.25, 0.3) is 5.56 Å². The molecule has 0 bridgehead atoms. The zero-order valence-electron chi connectivity index (χ0n) is 14.0. The second kappa shape index (κ2) is 7.61. The summed E-state index contributed by atoms with van der Waals surface area (Å²) in [5.74, 6) is -0.899. The number of nitrogens with one attached hydrogen (secondary N) is 1. The number of aromatic amines is 1. The number of esters is 1. The fraction of sp³-hybridized carbons (Fsp3) is 0.211. The van der Waals surface area contributed by atoms with E-state index >= 15 is 0 Å². The zero-order chi connectivity index (χ0) is 19.4. The number of nitrogens with zero attached hydrogens (tertiary/aromatic N) is 1. The Labute approximate surface area is 151 Å². The number of aryl methyl sites for hydroxylation is 1. The SMILES string of the molecule is O=C(CCCc1nc2ccccc2c(=O)[nH]1)Oc1ccccc1C(F)(F)F. The van der Waals surface area contributed by atoms with Gasteiger partial charge in [0.05, 0.1) is 16.5 Å². The lowest BCUT2D eigenvalue weighted by molar-refractivity contribution is -0.142. The second-order valence-electron chi connectivity index (χ2n) is 5.85. The van der Waals surface area contributed by atoms with Crippen LogP contribution in [0.4, 0.5) is 13.2 Å². The van der Waals surface area contributed by atoms with Gasteiger partial charge in [-0.15, -0.1) is 0 Å². The molecule has 3 rings (SSSR count). The Bertz CT molecular complexity index is 1030. The van der Waals surface area contributed by atoms with Crippen LogP contribution in [-0.2, 0) is 17.4 Å². The number of alkyl halides is 3. The molecule has 0 aliphatic rings. The van der Waals surface area contributed by atoms with Gasteiger partial charge in [-0.05, 0) is 30.7 Å². The Morgan fingerprint density at radius 1 is 1.07 bits per heavy atom. The number of fused-ring (bicyclic) bond motifs is 1. The molecule has 5 nitrogen and oxygen atoms in total. The van der Waals surface area contributed by atoms with Gasteiger partial charge >= 0.3 is 12.1 Å². The average molecular weight is 376 g/mol. The molecule has 1 N–H and O–H groups in total. The predicted molar refractivity (Wildman–Crippen MR) is 92.4 cm³/mol. The molecule has 0 amide bonds. The van der Waals surface area contributed by atoms with Crippen molar-refractivity contribution in [3.05, 3.63) is 70.3 Å². The Morgan fingerprint density at radius 2 is 1.78 bits per heavy atom. The molecule has 0 radical (unpaired) electrons. The number of halogens is 3. The van der Waals surface area contributed by atoms with Crippen molar-refractivity contribution in [1.29, 1.82) is 0 Å². The number of carbonyl (C=O) groups is 1. The summed E-state index contributed by atoms with van der Waals surface area (Å²) in [6.07, 6.45) is -4.15. The highest BCUT2D eigenvalue weighted by molar-refractivity contribution is 5.77. The van der Waals surface area contributed by atoms with E-state index in [4.69, 9.17) is 4.74 Å². The summed E-state index contributed by atoms with van der Waals surface area (Å²) in [6.45, 7) is 0. The lowest BCUT2D eigenvalue weighted by Crippen LogP contribution is -2.15. The Kier molecular flexibility index (Phi) is 5.25. The van der Waals surface area contributed by atoms with E-state index in [0.717, 1.165) is 12.1 Å². The highest BCUT2D eigenvalue weighted by Crippen LogP contribution is 2.36. The topological polar surface area (TPSA) is 72.0 Å². The van der Waals surface area contributed by atoms with Crippen LogP contribution in [0, 0.1) is 0 Å². The molecule has 0 saturated heterocycles. The van der Waals surface area contributed by atoms with Gasteiger partial charge in [-0.25, -0.2) is 4.98 Å². The maximum Gasteiger partial charge on any atom is 0.419 e. The second-order valence-corrected chi connectivity index (χ2v) is 5.85. The standard InChI is InChI=1S/C19H15F3N2O3/c20-19(21,22)13-7-2-4-9-15(13)27-17(25)11-5-10-16-23-14-8-3-1-6-12(14)18(26)24-16/h1-4,6-9H,5,10-11H2,(H,23,24,26). The van der Waals surface area contributed by atoms with Crippen molar-refractivity contribution in [1.82, 2.24) is 9.97 Å². The predicted octanol–water partition coefficient (Wildman–Crippen LogP) is 3.87. The van der Waals surface area contributed by atoms with Gasteiger partial charge in [-0.1, -0.05) is 24.3 Å². The van der Waals surface area contributed by atoms with E-state index in [0.29, 0.717) is 16.7 Å². The Hall–Kier alpha value is -3.16. The number of carbonyl (C=O) groups excluding carboxylic acids is 1. The minimum atomic E-state index is -4.61. The average Bonchev–Trinajstić information content (AvgIpc) is 2.61. The highest BCUT2D eigenvalue weighted by atomic mass is 19.4. The quantitative estimate of drug-likeness (QED) is 0.542. The van der Waals surface area contributed by atoms with Gasteiger partial charge in [0.2, 0.25) is 0 Å². The number of aromatic nitrogens is 2. The molecular formula is C19H15F3N2O3. The first kappa shape index (κ1) is 18.6. The first-order valence-electron chi connectivity index (χ1n) is 8.19. The smallest absolute Gasteiger partial charge is 0.419 e. The number of hydrogen-bond acceptors (Lipinski definition) is 4. The largest absolute Gasteiger partial charge is 0.426 e. The molecule has 2 aromatic carbocycles. The van der Waals surface area contributed by atoms with Crippen molar-refractivity contribution in [3.63, 3.8) is 0 Å². The molecule has 140 valence electrons. The number of para-hydroxylation sites is 2. The molecule has 0 atom stereocenters. The summed E-state index contributed by atoms with van der Waals surface area (Å²) in [7, 11) is 0. The maximum atomic E-state index is 12.9. The van der Waals surface area contributed by atoms with Gasteiger partial charge in [-0.3, -0.25) is 9.59 Å². The van der Waals surface area contributed by atoms with Crippen molar-refractivity contribution in [2.45, 2.75) is 25.4 Å². The molecule has 0 unspecified atom stereocenters. The van der Waals surface area contributed by atoms with E-state index < -0.39 is 23.5 Å². The maximum absolute atomic E-state index is 12.9. The van der Waals surface area contributed by atoms with Crippen molar-refractivity contribution >= 4 is 16.9 Å². The van der Waals surface area contributed by atoms with E-state index in [1.54, 1.807) is 24.3 Å². The van der Waals surface area contributed by atoms with Crippen LogP contribution in [0.2, 0.25) is 0 Å². The van der Waals surface area contributed by atoms with Gasteiger partial charge in [0.15, 0.2) is 0 Å². The van der Waals surface area contributed by atoms with E-state index in [-0.39, 0.29) is 24.8 Å². The molecule has 0 spiro atoms. The molecule has 27 heavy (non-hydrogen) atoms. The summed E-state index contributed by atoms with van der Waals surface area (Å²) in [5, 5.41) is 0.462. The molecule has 0 aliphatic carbocycles. The minimum Gasteiger partial charge on any atom is -0.426 e. The fourth-order valence-corrected chi connectivity index (χ4v) is 2.62. The third kappa shape index (κ3) is 4.52. The normalized spacial score (nSPS) is 11.5. The van der Waals surface area contributed by atoms with Crippen molar-refractivity contribution in [2.75, 3.05) is 0 Å². The summed E-state index contributed by atoms with van der Waals surface area (Å²) in [5.41, 5.74) is -0.742. The molecule has 1 aromatic heterocycles. The molecule has 1 heterocycles. The number of ether oxygens (including phenoxy) is 1. The monoisotopic (exact) mass is 376 g/mol.